The van der Waals surface area contributed by atoms with Crippen LogP contribution in [0.4, 0.5) is 5.13 Å². The zero-order chi connectivity index (χ0) is 25.4. The number of pyridine rings is 1. The second-order valence-corrected chi connectivity index (χ2v) is 8.88. The summed E-state index contributed by atoms with van der Waals surface area (Å²) in [5, 5.41) is 16.7. The predicted molar refractivity (Wildman–Crippen MR) is 138 cm³/mol. The number of nitriles is 1. The average molecular weight is 505 g/mol. The van der Waals surface area contributed by atoms with Gasteiger partial charge in [-0.1, -0.05) is 35.6 Å². The molecule has 0 unspecified atom stereocenters. The highest BCUT2D eigenvalue weighted by Crippen LogP contribution is 2.28. The first-order valence-corrected chi connectivity index (χ1v) is 11.9. The standard InChI is InChI=1S/C26H16N8O2S/c1-36-20-5-3-2-4-18(20)22-30-21-12-17(10-11-34(21)33-22)24(35)32-26-31-23-25(37-26)29-19(14-28-23)16-8-6-15(13-27)7-9-16/h2-12,14H,1H3,(H,28,31,32,35). The second kappa shape index (κ2) is 9.10. The fourth-order valence-corrected chi connectivity index (χ4v) is 4.56. The quantitative estimate of drug-likeness (QED) is 0.360. The summed E-state index contributed by atoms with van der Waals surface area (Å²) in [6.07, 6.45) is 3.30. The van der Waals surface area contributed by atoms with Gasteiger partial charge in [-0.25, -0.2) is 19.5 Å². The summed E-state index contributed by atoms with van der Waals surface area (Å²) < 4.78 is 7.02. The molecule has 37 heavy (non-hydrogen) atoms. The lowest BCUT2D eigenvalue weighted by molar-refractivity contribution is 0.102. The molecule has 0 fully saturated rings. The number of benzene rings is 2. The van der Waals surface area contributed by atoms with E-state index in [4.69, 9.17) is 10.00 Å². The van der Waals surface area contributed by atoms with Gasteiger partial charge in [0, 0.05) is 17.3 Å². The van der Waals surface area contributed by atoms with E-state index in [9.17, 15) is 4.79 Å². The van der Waals surface area contributed by atoms with Crippen molar-refractivity contribution in [3.05, 3.63) is 84.2 Å². The van der Waals surface area contributed by atoms with E-state index in [-0.39, 0.29) is 5.91 Å². The van der Waals surface area contributed by atoms with Gasteiger partial charge >= 0.3 is 0 Å². The Hall–Kier alpha value is -5.21. The number of amides is 1. The van der Waals surface area contributed by atoms with Crippen molar-refractivity contribution in [1.82, 2.24) is 29.5 Å². The fraction of sp³-hybridized carbons (Fsp3) is 0.0385. The highest BCUT2D eigenvalue weighted by molar-refractivity contribution is 7.21. The second-order valence-electron chi connectivity index (χ2n) is 7.90. The number of nitrogens with one attached hydrogen (secondary N) is 1. The predicted octanol–water partition coefficient (Wildman–Crippen LogP) is 4.60. The van der Waals surface area contributed by atoms with Crippen LogP contribution in [0.15, 0.2) is 73.1 Å². The van der Waals surface area contributed by atoms with Gasteiger partial charge in [-0.2, -0.15) is 10.2 Å². The van der Waals surface area contributed by atoms with Crippen LogP contribution in [0.2, 0.25) is 0 Å². The van der Waals surface area contributed by atoms with Crippen molar-refractivity contribution in [2.24, 2.45) is 0 Å². The molecule has 0 bridgehead atoms. The molecular formula is C26H16N8O2S. The van der Waals surface area contributed by atoms with Crippen LogP contribution in [0, 0.1) is 11.3 Å². The maximum Gasteiger partial charge on any atom is 0.257 e. The molecule has 0 aliphatic carbocycles. The Labute approximate surface area is 213 Å². The van der Waals surface area contributed by atoms with Gasteiger partial charge in [0.25, 0.3) is 5.91 Å². The summed E-state index contributed by atoms with van der Waals surface area (Å²) in [4.78, 5) is 31.5. The molecule has 0 saturated carbocycles. The Morgan fingerprint density at radius 3 is 2.73 bits per heavy atom. The van der Waals surface area contributed by atoms with Gasteiger partial charge in [-0.3, -0.25) is 10.1 Å². The van der Waals surface area contributed by atoms with Crippen molar-refractivity contribution >= 4 is 38.5 Å². The minimum Gasteiger partial charge on any atom is -0.496 e. The molecule has 0 saturated heterocycles. The highest BCUT2D eigenvalue weighted by Gasteiger charge is 2.16. The number of carbonyl (C=O) groups is 1. The zero-order valence-electron chi connectivity index (χ0n) is 19.3. The van der Waals surface area contributed by atoms with Gasteiger partial charge in [0.15, 0.2) is 27.1 Å². The number of methoxy groups -OCH3 is 1. The normalized spacial score (nSPS) is 10.9. The molecule has 0 radical (unpaired) electrons. The number of thiazole rings is 1. The minimum atomic E-state index is -0.337. The molecule has 0 aliphatic heterocycles. The van der Waals surface area contributed by atoms with Crippen LogP contribution in [-0.4, -0.2) is 42.6 Å². The number of hydrogen-bond donors (Lipinski definition) is 1. The number of fused-ring (bicyclic) bond motifs is 2. The van der Waals surface area contributed by atoms with Gasteiger partial charge < -0.3 is 4.74 Å². The van der Waals surface area contributed by atoms with Crippen LogP contribution in [0.5, 0.6) is 5.75 Å². The van der Waals surface area contributed by atoms with E-state index >= 15 is 0 Å². The molecule has 0 atom stereocenters. The summed E-state index contributed by atoms with van der Waals surface area (Å²) in [5.74, 6) is 0.823. The first kappa shape index (κ1) is 22.3. The lowest BCUT2D eigenvalue weighted by atomic mass is 10.1. The van der Waals surface area contributed by atoms with Crippen LogP contribution in [-0.2, 0) is 0 Å². The molecule has 2 aromatic carbocycles. The SMILES string of the molecule is COc1ccccc1-c1nc2cc(C(=O)Nc3nc4ncc(-c5ccc(C#N)cc5)nc4s3)ccn2n1. The first-order chi connectivity index (χ1) is 18.1. The van der Waals surface area contributed by atoms with Gasteiger partial charge in [0.1, 0.15) is 5.75 Å². The maximum atomic E-state index is 13.0. The third kappa shape index (κ3) is 4.22. The van der Waals surface area contributed by atoms with E-state index in [1.807, 2.05) is 36.4 Å². The van der Waals surface area contributed by atoms with Gasteiger partial charge in [-0.15, -0.1) is 5.10 Å². The molecule has 0 aliphatic rings. The number of rotatable bonds is 5. The largest absolute Gasteiger partial charge is 0.496 e. The van der Waals surface area contributed by atoms with Crippen molar-refractivity contribution in [3.8, 4) is 34.5 Å². The van der Waals surface area contributed by atoms with Gasteiger partial charge in [-0.05, 0) is 36.4 Å². The van der Waals surface area contributed by atoms with Crippen molar-refractivity contribution in [3.63, 3.8) is 0 Å². The summed E-state index contributed by atoms with van der Waals surface area (Å²) in [6, 6.07) is 20.0. The number of hydrogen-bond acceptors (Lipinski definition) is 9. The van der Waals surface area contributed by atoms with Crippen molar-refractivity contribution in [2.75, 3.05) is 12.4 Å². The molecule has 0 spiro atoms. The Morgan fingerprint density at radius 2 is 1.92 bits per heavy atom. The van der Waals surface area contributed by atoms with E-state index in [1.165, 1.54) is 11.3 Å². The maximum absolute atomic E-state index is 13.0. The lowest BCUT2D eigenvalue weighted by Gasteiger charge is -2.03. The number of ether oxygens (including phenoxy) is 1. The van der Waals surface area contributed by atoms with Crippen LogP contribution in [0.1, 0.15) is 15.9 Å². The molecule has 1 N–H and O–H groups in total. The molecule has 10 nitrogen and oxygen atoms in total. The topological polar surface area (TPSA) is 131 Å². The Bertz CT molecular complexity index is 1840. The van der Waals surface area contributed by atoms with Crippen molar-refractivity contribution in [1.29, 1.82) is 5.26 Å². The van der Waals surface area contributed by atoms with Crippen LogP contribution >= 0.6 is 11.3 Å². The third-order valence-electron chi connectivity index (χ3n) is 5.60. The monoisotopic (exact) mass is 504 g/mol. The smallest absolute Gasteiger partial charge is 0.257 e. The summed E-state index contributed by atoms with van der Waals surface area (Å²) in [7, 11) is 1.60. The van der Waals surface area contributed by atoms with E-state index in [0.29, 0.717) is 49.7 Å². The summed E-state index contributed by atoms with van der Waals surface area (Å²) >= 11 is 1.23. The molecular weight excluding hydrogens is 488 g/mol. The minimum absolute atomic E-state index is 0.337. The van der Waals surface area contributed by atoms with E-state index in [0.717, 1.165) is 11.1 Å². The highest BCUT2D eigenvalue weighted by atomic mass is 32.1. The average Bonchev–Trinajstić information content (AvgIpc) is 3.55. The molecule has 4 aromatic heterocycles. The summed E-state index contributed by atoms with van der Waals surface area (Å²) in [5.41, 5.74) is 4.18. The van der Waals surface area contributed by atoms with E-state index in [1.54, 1.807) is 48.3 Å². The first-order valence-electron chi connectivity index (χ1n) is 11.1. The van der Waals surface area contributed by atoms with Gasteiger partial charge in [0.2, 0.25) is 0 Å². The number of carbonyl (C=O) groups excluding carboxylic acids is 1. The molecule has 11 heteroatoms. The van der Waals surface area contributed by atoms with Gasteiger partial charge in [0.05, 0.1) is 36.2 Å². The Morgan fingerprint density at radius 1 is 1.08 bits per heavy atom. The molecule has 4 heterocycles. The van der Waals surface area contributed by atoms with Crippen LogP contribution in [0.3, 0.4) is 0 Å². The number of nitrogens with zero attached hydrogens (tertiary/aromatic N) is 7. The zero-order valence-corrected chi connectivity index (χ0v) is 20.1. The molecule has 178 valence electrons. The molecule has 6 rings (SSSR count). The number of aromatic nitrogens is 6. The van der Waals surface area contributed by atoms with E-state index in [2.05, 4.69) is 36.4 Å². The number of para-hydroxylation sites is 1. The van der Waals surface area contributed by atoms with Crippen LogP contribution in [0.25, 0.3) is 38.8 Å². The van der Waals surface area contributed by atoms with E-state index < -0.39 is 0 Å². The summed E-state index contributed by atoms with van der Waals surface area (Å²) in [6.45, 7) is 0. The number of anilines is 1. The Balaban J connectivity index is 1.25. The third-order valence-corrected chi connectivity index (χ3v) is 6.45. The Kier molecular flexibility index (Phi) is 5.48. The molecule has 1 amide bonds. The van der Waals surface area contributed by atoms with Crippen molar-refractivity contribution in [2.45, 2.75) is 0 Å². The molecule has 6 aromatic rings. The van der Waals surface area contributed by atoms with Crippen molar-refractivity contribution < 1.29 is 9.53 Å². The fourth-order valence-electron chi connectivity index (χ4n) is 3.77. The van der Waals surface area contributed by atoms with Crippen LogP contribution < -0.4 is 10.1 Å². The lowest BCUT2D eigenvalue weighted by Crippen LogP contribution is -2.12.